The smallest absolute Gasteiger partial charge is 0.190 e. The maximum atomic E-state index is 11.1. The zero-order chi connectivity index (χ0) is 17.4. The van der Waals surface area contributed by atoms with Crippen LogP contribution in [0.15, 0.2) is 41.5 Å². The van der Waals surface area contributed by atoms with Gasteiger partial charge < -0.3 is 15.2 Å². The maximum Gasteiger partial charge on any atom is 0.190 e. The second kappa shape index (κ2) is 10.6. The SMILES string of the molecule is CN=C(NCCCn1ccc2ccccc21)NCCCS(C)(=O)=O.I. The number of fused-ring (bicyclic) bond motifs is 1. The third-order valence-electron chi connectivity index (χ3n) is 3.76. The number of guanidine groups is 1. The van der Waals surface area contributed by atoms with Crippen LogP contribution in [0.3, 0.4) is 0 Å². The summed E-state index contributed by atoms with van der Waals surface area (Å²) in [6.45, 7) is 2.33. The van der Waals surface area contributed by atoms with E-state index in [1.807, 2.05) is 6.07 Å². The molecule has 0 fully saturated rings. The van der Waals surface area contributed by atoms with Crippen LogP contribution in [0, 0.1) is 0 Å². The lowest BCUT2D eigenvalue weighted by Crippen LogP contribution is -2.38. The molecule has 1 heterocycles. The van der Waals surface area contributed by atoms with E-state index in [1.165, 1.54) is 17.2 Å². The molecule has 0 aliphatic heterocycles. The zero-order valence-electron chi connectivity index (χ0n) is 14.7. The van der Waals surface area contributed by atoms with Crippen molar-refractivity contribution in [1.29, 1.82) is 0 Å². The van der Waals surface area contributed by atoms with Crippen LogP contribution in [0.5, 0.6) is 0 Å². The van der Waals surface area contributed by atoms with E-state index in [1.54, 1.807) is 7.05 Å². The second-order valence-corrected chi connectivity index (χ2v) is 8.09. The topological polar surface area (TPSA) is 75.5 Å². The summed E-state index contributed by atoms with van der Waals surface area (Å²) in [4.78, 5) is 4.14. The third-order valence-corrected chi connectivity index (χ3v) is 4.79. The molecule has 1 aromatic heterocycles. The molecule has 0 saturated heterocycles. The number of aliphatic imine (C=N–C) groups is 1. The molecule has 0 saturated carbocycles. The number of benzene rings is 1. The predicted molar refractivity (Wildman–Crippen MR) is 116 cm³/mol. The van der Waals surface area contributed by atoms with Gasteiger partial charge in [-0.1, -0.05) is 18.2 Å². The highest BCUT2D eigenvalue weighted by Crippen LogP contribution is 2.15. The van der Waals surface area contributed by atoms with E-state index < -0.39 is 9.84 Å². The Balaban J connectivity index is 0.00000312. The van der Waals surface area contributed by atoms with Gasteiger partial charge in [-0.05, 0) is 30.4 Å². The lowest BCUT2D eigenvalue weighted by Gasteiger charge is -2.12. The molecule has 1 aromatic carbocycles. The van der Waals surface area contributed by atoms with Gasteiger partial charge in [0.1, 0.15) is 9.84 Å². The molecule has 0 amide bonds. The number of nitrogens with zero attached hydrogens (tertiary/aromatic N) is 2. The number of sulfone groups is 1. The first-order valence-corrected chi connectivity index (χ1v) is 10.2. The molecule has 0 aliphatic carbocycles. The lowest BCUT2D eigenvalue weighted by molar-refractivity contribution is 0.598. The predicted octanol–water partition coefficient (Wildman–Crippen LogP) is 2.25. The van der Waals surface area contributed by atoms with E-state index in [4.69, 9.17) is 0 Å². The van der Waals surface area contributed by atoms with Gasteiger partial charge in [-0.3, -0.25) is 4.99 Å². The summed E-state index contributed by atoms with van der Waals surface area (Å²) in [6, 6.07) is 10.5. The van der Waals surface area contributed by atoms with Crippen LogP contribution in [0.2, 0.25) is 0 Å². The highest BCUT2D eigenvalue weighted by Gasteiger charge is 2.03. The van der Waals surface area contributed by atoms with Gasteiger partial charge in [-0.25, -0.2) is 8.42 Å². The number of hydrogen-bond donors (Lipinski definition) is 2. The van der Waals surface area contributed by atoms with E-state index in [-0.39, 0.29) is 29.7 Å². The summed E-state index contributed by atoms with van der Waals surface area (Å²) >= 11 is 0. The van der Waals surface area contributed by atoms with E-state index in [2.05, 4.69) is 50.7 Å². The van der Waals surface area contributed by atoms with Crippen LogP contribution in [0.1, 0.15) is 12.8 Å². The standard InChI is InChI=1S/C17H26N4O2S.HI/c1-18-17(20-11-6-14-24(2,22)23)19-10-5-12-21-13-9-15-7-3-4-8-16(15)21;/h3-4,7-9,13H,5-6,10-12,14H2,1-2H3,(H2,18,19,20);1H. The van der Waals surface area contributed by atoms with Crippen LogP contribution in [-0.4, -0.2) is 51.1 Å². The molecule has 0 atom stereocenters. The fourth-order valence-corrected chi connectivity index (χ4v) is 3.22. The molecule has 0 bridgehead atoms. The Morgan fingerprint density at radius 1 is 1.12 bits per heavy atom. The van der Waals surface area contributed by atoms with Gasteiger partial charge in [-0.2, -0.15) is 0 Å². The molecular weight excluding hydrogens is 451 g/mol. The number of hydrogen-bond acceptors (Lipinski definition) is 3. The first kappa shape index (κ1) is 21.8. The molecule has 140 valence electrons. The summed E-state index contributed by atoms with van der Waals surface area (Å²) in [5, 5.41) is 7.64. The Kier molecular flexibility index (Phi) is 9.26. The number of halogens is 1. The van der Waals surface area contributed by atoms with Gasteiger partial charge in [0, 0.05) is 44.7 Å². The van der Waals surface area contributed by atoms with Crippen molar-refractivity contribution in [3.63, 3.8) is 0 Å². The molecule has 25 heavy (non-hydrogen) atoms. The Bertz CT molecular complexity index is 787. The first-order valence-electron chi connectivity index (χ1n) is 8.16. The van der Waals surface area contributed by atoms with Gasteiger partial charge in [0.2, 0.25) is 0 Å². The maximum absolute atomic E-state index is 11.1. The minimum absolute atomic E-state index is 0. The third kappa shape index (κ3) is 7.64. The second-order valence-electron chi connectivity index (χ2n) is 5.83. The van der Waals surface area contributed by atoms with E-state index >= 15 is 0 Å². The number of para-hydroxylation sites is 1. The Morgan fingerprint density at radius 3 is 2.48 bits per heavy atom. The molecule has 8 heteroatoms. The molecular formula is C17H27IN4O2S. The zero-order valence-corrected chi connectivity index (χ0v) is 17.9. The summed E-state index contributed by atoms with van der Waals surface area (Å²) in [5.41, 5.74) is 1.25. The van der Waals surface area contributed by atoms with E-state index in [0.717, 1.165) is 19.5 Å². The van der Waals surface area contributed by atoms with Crippen molar-refractivity contribution in [1.82, 2.24) is 15.2 Å². The lowest BCUT2D eigenvalue weighted by atomic mass is 10.2. The first-order chi connectivity index (χ1) is 11.5. The quantitative estimate of drug-likeness (QED) is 0.264. The monoisotopic (exact) mass is 478 g/mol. The molecule has 0 radical (unpaired) electrons. The van der Waals surface area contributed by atoms with Crippen molar-refractivity contribution in [2.75, 3.05) is 32.1 Å². The van der Waals surface area contributed by atoms with Gasteiger partial charge in [0.15, 0.2) is 5.96 Å². The summed E-state index contributed by atoms with van der Waals surface area (Å²) in [7, 11) is -1.18. The van der Waals surface area contributed by atoms with Crippen molar-refractivity contribution in [3.05, 3.63) is 36.5 Å². The fraction of sp³-hybridized carbons (Fsp3) is 0.471. The molecule has 0 spiro atoms. The van der Waals surface area contributed by atoms with E-state index in [0.29, 0.717) is 18.9 Å². The van der Waals surface area contributed by atoms with Crippen LogP contribution < -0.4 is 10.6 Å². The summed E-state index contributed by atoms with van der Waals surface area (Å²) in [5.74, 6) is 0.901. The molecule has 2 aromatic rings. The van der Waals surface area contributed by atoms with Crippen molar-refractivity contribution in [3.8, 4) is 0 Å². The van der Waals surface area contributed by atoms with Crippen LogP contribution in [-0.2, 0) is 16.4 Å². The normalized spacial score (nSPS) is 12.0. The van der Waals surface area contributed by atoms with Crippen molar-refractivity contribution in [2.24, 2.45) is 4.99 Å². The number of aromatic nitrogens is 1. The van der Waals surface area contributed by atoms with E-state index in [9.17, 15) is 8.42 Å². The Morgan fingerprint density at radius 2 is 1.80 bits per heavy atom. The minimum Gasteiger partial charge on any atom is -0.356 e. The Labute approximate surface area is 167 Å². The van der Waals surface area contributed by atoms with Crippen molar-refractivity contribution in [2.45, 2.75) is 19.4 Å². The van der Waals surface area contributed by atoms with Crippen LogP contribution >= 0.6 is 24.0 Å². The Hall–Kier alpha value is -1.29. The average Bonchev–Trinajstić information content (AvgIpc) is 2.96. The molecule has 2 N–H and O–H groups in total. The molecule has 0 unspecified atom stereocenters. The summed E-state index contributed by atoms with van der Waals surface area (Å²) in [6.07, 6.45) is 4.92. The van der Waals surface area contributed by atoms with Gasteiger partial charge in [0.05, 0.1) is 5.75 Å². The molecule has 2 rings (SSSR count). The van der Waals surface area contributed by atoms with Crippen LogP contribution in [0.25, 0.3) is 10.9 Å². The fourth-order valence-electron chi connectivity index (χ4n) is 2.55. The highest BCUT2D eigenvalue weighted by atomic mass is 127. The number of aryl methyl sites for hydroxylation is 1. The minimum atomic E-state index is -2.90. The molecule has 6 nitrogen and oxygen atoms in total. The van der Waals surface area contributed by atoms with Crippen molar-refractivity contribution < 1.29 is 8.42 Å². The average molecular weight is 478 g/mol. The van der Waals surface area contributed by atoms with Crippen molar-refractivity contribution >= 4 is 50.7 Å². The van der Waals surface area contributed by atoms with Crippen LogP contribution in [0.4, 0.5) is 0 Å². The number of rotatable bonds is 8. The van der Waals surface area contributed by atoms with Gasteiger partial charge in [0.25, 0.3) is 0 Å². The largest absolute Gasteiger partial charge is 0.356 e. The van der Waals surface area contributed by atoms with Gasteiger partial charge in [-0.15, -0.1) is 24.0 Å². The summed E-state index contributed by atoms with van der Waals surface area (Å²) < 4.78 is 24.4. The highest BCUT2D eigenvalue weighted by molar-refractivity contribution is 14.0. The van der Waals surface area contributed by atoms with Gasteiger partial charge >= 0.3 is 0 Å². The molecule has 0 aliphatic rings. The number of nitrogens with one attached hydrogen (secondary N) is 2.